The number of aryl methyl sites for hydroxylation is 2. The highest BCUT2D eigenvalue weighted by Crippen LogP contribution is 2.26. The molecule has 7 nitrogen and oxygen atoms in total. The molecule has 3 aromatic heterocycles. The molecule has 26 heavy (non-hydrogen) atoms. The Bertz CT molecular complexity index is 1150. The molecule has 0 spiro atoms. The quantitative estimate of drug-likeness (QED) is 0.530. The summed E-state index contributed by atoms with van der Waals surface area (Å²) in [5, 5.41) is 8.67. The van der Waals surface area contributed by atoms with E-state index in [4.69, 9.17) is 4.74 Å². The number of aromatic nitrogens is 5. The molecule has 0 amide bonds. The second-order valence-electron chi connectivity index (χ2n) is 5.94. The molecule has 0 fully saturated rings. The molecular formula is C19H17N5O2. The highest BCUT2D eigenvalue weighted by atomic mass is 16.5. The average molecular weight is 347 g/mol. The van der Waals surface area contributed by atoms with Crippen molar-refractivity contribution in [1.82, 2.24) is 24.6 Å². The molecule has 4 aromatic rings. The minimum Gasteiger partial charge on any atom is -0.462 e. The molecule has 0 N–H and O–H groups in total. The van der Waals surface area contributed by atoms with Gasteiger partial charge in [-0.05, 0) is 51.1 Å². The van der Waals surface area contributed by atoms with Crippen molar-refractivity contribution >= 4 is 22.6 Å². The van der Waals surface area contributed by atoms with Gasteiger partial charge in [-0.25, -0.2) is 9.78 Å². The summed E-state index contributed by atoms with van der Waals surface area (Å²) in [5.41, 5.74) is 5.12. The van der Waals surface area contributed by atoms with E-state index in [0.717, 1.165) is 28.0 Å². The van der Waals surface area contributed by atoms with Gasteiger partial charge in [0.25, 0.3) is 0 Å². The van der Waals surface area contributed by atoms with E-state index in [1.54, 1.807) is 25.3 Å². The fourth-order valence-electron chi connectivity index (χ4n) is 3.01. The Balaban J connectivity index is 2.06. The second kappa shape index (κ2) is 6.18. The maximum atomic E-state index is 12.1. The lowest BCUT2D eigenvalue weighted by Crippen LogP contribution is -2.06. The van der Waals surface area contributed by atoms with Gasteiger partial charge >= 0.3 is 5.97 Å². The second-order valence-corrected chi connectivity index (χ2v) is 5.94. The third-order valence-electron chi connectivity index (χ3n) is 4.25. The van der Waals surface area contributed by atoms with Gasteiger partial charge in [0.15, 0.2) is 11.5 Å². The van der Waals surface area contributed by atoms with Crippen molar-refractivity contribution in [3.05, 3.63) is 53.5 Å². The molecule has 1 aromatic carbocycles. The summed E-state index contributed by atoms with van der Waals surface area (Å²) in [5.74, 6) is 0.303. The first kappa shape index (κ1) is 16.1. The lowest BCUT2D eigenvalue weighted by atomic mass is 10.1. The summed E-state index contributed by atoms with van der Waals surface area (Å²) >= 11 is 0. The predicted octanol–water partition coefficient (Wildman–Crippen LogP) is 3.13. The zero-order chi connectivity index (χ0) is 18.3. The van der Waals surface area contributed by atoms with Crippen LogP contribution in [0.5, 0.6) is 0 Å². The molecule has 0 saturated carbocycles. The number of carbonyl (C=O) groups is 1. The third-order valence-corrected chi connectivity index (χ3v) is 4.25. The summed E-state index contributed by atoms with van der Waals surface area (Å²) in [6.07, 6.45) is 1.74. The Labute approximate surface area is 149 Å². The Morgan fingerprint density at radius 2 is 2.00 bits per heavy atom. The molecule has 0 aliphatic rings. The Hall–Kier alpha value is -3.35. The zero-order valence-corrected chi connectivity index (χ0v) is 14.7. The van der Waals surface area contributed by atoms with Crippen LogP contribution in [-0.4, -0.2) is 37.1 Å². The van der Waals surface area contributed by atoms with Gasteiger partial charge in [-0.3, -0.25) is 9.38 Å². The van der Waals surface area contributed by atoms with Gasteiger partial charge in [0.05, 0.1) is 28.9 Å². The van der Waals surface area contributed by atoms with Crippen molar-refractivity contribution in [3.63, 3.8) is 0 Å². The molecule has 4 rings (SSSR count). The van der Waals surface area contributed by atoms with Gasteiger partial charge in [-0.15, -0.1) is 10.2 Å². The number of esters is 1. The number of carbonyl (C=O) groups excluding carboxylic acids is 1. The van der Waals surface area contributed by atoms with Crippen LogP contribution in [0.2, 0.25) is 0 Å². The Kier molecular flexibility index (Phi) is 3.84. The lowest BCUT2D eigenvalue weighted by Gasteiger charge is -2.09. The molecule has 0 aliphatic heterocycles. The van der Waals surface area contributed by atoms with Crippen molar-refractivity contribution in [1.29, 1.82) is 0 Å². The highest BCUT2D eigenvalue weighted by Gasteiger charge is 2.17. The lowest BCUT2D eigenvalue weighted by molar-refractivity contribution is 0.0526. The summed E-state index contributed by atoms with van der Waals surface area (Å²) in [7, 11) is 0. The minimum absolute atomic E-state index is 0.325. The largest absolute Gasteiger partial charge is 0.462 e. The highest BCUT2D eigenvalue weighted by molar-refractivity contribution is 5.94. The predicted molar refractivity (Wildman–Crippen MR) is 96.9 cm³/mol. The van der Waals surface area contributed by atoms with Crippen molar-refractivity contribution < 1.29 is 9.53 Å². The number of rotatable bonds is 3. The summed E-state index contributed by atoms with van der Waals surface area (Å²) < 4.78 is 7.04. The van der Waals surface area contributed by atoms with E-state index >= 15 is 0 Å². The maximum absolute atomic E-state index is 12.1. The molecule has 0 aliphatic carbocycles. The average Bonchev–Trinajstić information content (AvgIpc) is 3.08. The number of fused-ring (bicyclic) bond motifs is 3. The molecule has 0 saturated heterocycles. The van der Waals surface area contributed by atoms with Gasteiger partial charge in [0.2, 0.25) is 0 Å². The monoisotopic (exact) mass is 347 g/mol. The topological polar surface area (TPSA) is 82.3 Å². The van der Waals surface area contributed by atoms with Crippen LogP contribution in [0, 0.1) is 13.8 Å². The van der Waals surface area contributed by atoms with Gasteiger partial charge in [0, 0.05) is 17.5 Å². The van der Waals surface area contributed by atoms with Crippen molar-refractivity contribution in [2.24, 2.45) is 0 Å². The summed E-state index contributed by atoms with van der Waals surface area (Å²) in [6, 6.07) is 9.12. The smallest absolute Gasteiger partial charge is 0.338 e. The van der Waals surface area contributed by atoms with Gasteiger partial charge in [-0.2, -0.15) is 0 Å². The maximum Gasteiger partial charge on any atom is 0.338 e. The Morgan fingerprint density at radius 1 is 1.15 bits per heavy atom. The molecule has 0 radical (unpaired) electrons. The van der Waals surface area contributed by atoms with E-state index in [1.165, 1.54) is 0 Å². The van der Waals surface area contributed by atoms with Crippen LogP contribution in [-0.2, 0) is 4.74 Å². The van der Waals surface area contributed by atoms with Crippen LogP contribution >= 0.6 is 0 Å². The van der Waals surface area contributed by atoms with Crippen molar-refractivity contribution in [3.8, 4) is 11.4 Å². The fraction of sp³-hybridized carbons (Fsp3) is 0.211. The van der Waals surface area contributed by atoms with E-state index in [-0.39, 0.29) is 5.97 Å². The number of ether oxygens (including phenoxy) is 1. The third kappa shape index (κ3) is 2.48. The van der Waals surface area contributed by atoms with Crippen LogP contribution in [0.1, 0.15) is 28.7 Å². The van der Waals surface area contributed by atoms with Crippen LogP contribution in [0.4, 0.5) is 0 Å². The van der Waals surface area contributed by atoms with Gasteiger partial charge in [0.1, 0.15) is 0 Å². The first-order valence-corrected chi connectivity index (χ1v) is 8.34. The van der Waals surface area contributed by atoms with Crippen molar-refractivity contribution in [2.75, 3.05) is 6.61 Å². The van der Waals surface area contributed by atoms with Gasteiger partial charge < -0.3 is 4.74 Å². The molecule has 7 heteroatoms. The molecular weight excluding hydrogens is 330 g/mol. The number of nitrogens with zero attached hydrogens (tertiary/aromatic N) is 5. The van der Waals surface area contributed by atoms with Crippen LogP contribution < -0.4 is 0 Å². The molecule has 0 bridgehead atoms. The molecule has 130 valence electrons. The number of benzene rings is 1. The standard InChI is InChI=1S/C19H17N5O2/c1-4-26-19(25)13-7-8-15-16(10-13)24-17(12(3)21-15)22-23-18(24)14-6-5-9-20-11(14)2/h5-10H,4H2,1-3H3. The van der Waals surface area contributed by atoms with Crippen LogP contribution in [0.15, 0.2) is 36.5 Å². The van der Waals surface area contributed by atoms with Crippen LogP contribution in [0.3, 0.4) is 0 Å². The zero-order valence-electron chi connectivity index (χ0n) is 14.7. The first-order chi connectivity index (χ1) is 12.6. The number of hydrogen-bond acceptors (Lipinski definition) is 6. The summed E-state index contributed by atoms with van der Waals surface area (Å²) in [4.78, 5) is 21.1. The number of pyridine rings is 1. The van der Waals surface area contributed by atoms with E-state index in [0.29, 0.717) is 23.6 Å². The van der Waals surface area contributed by atoms with Gasteiger partial charge in [-0.1, -0.05) is 0 Å². The SMILES string of the molecule is CCOC(=O)c1ccc2nc(C)c3nnc(-c4cccnc4C)n3c2c1. The van der Waals surface area contributed by atoms with E-state index in [9.17, 15) is 4.79 Å². The fourth-order valence-corrected chi connectivity index (χ4v) is 3.01. The van der Waals surface area contributed by atoms with E-state index in [2.05, 4.69) is 20.2 Å². The first-order valence-electron chi connectivity index (χ1n) is 8.34. The minimum atomic E-state index is -0.365. The van der Waals surface area contributed by atoms with E-state index in [1.807, 2.05) is 36.4 Å². The normalized spacial score (nSPS) is 11.2. The Morgan fingerprint density at radius 3 is 2.77 bits per heavy atom. The van der Waals surface area contributed by atoms with E-state index < -0.39 is 0 Å². The molecule has 0 atom stereocenters. The molecule has 0 unspecified atom stereocenters. The van der Waals surface area contributed by atoms with Crippen molar-refractivity contribution in [2.45, 2.75) is 20.8 Å². The van der Waals surface area contributed by atoms with Crippen LogP contribution in [0.25, 0.3) is 28.1 Å². The molecule has 3 heterocycles. The number of hydrogen-bond donors (Lipinski definition) is 0. The summed E-state index contributed by atoms with van der Waals surface area (Å²) in [6.45, 7) is 5.93.